The standard InChI is InChI=1S/C12H14O2/c1-8-4-5-11(9(2)6-8)10(3)7-12(13)14/h4-6H,3,7H2,1-2H3,(H,13,14). The lowest BCUT2D eigenvalue weighted by Gasteiger charge is -2.07. The van der Waals surface area contributed by atoms with Crippen LogP contribution in [0.2, 0.25) is 0 Å². The maximum absolute atomic E-state index is 10.5. The number of aryl methyl sites for hydroxylation is 2. The molecule has 14 heavy (non-hydrogen) atoms. The van der Waals surface area contributed by atoms with Crippen LogP contribution in [0.4, 0.5) is 0 Å². The number of rotatable bonds is 3. The monoisotopic (exact) mass is 190 g/mol. The van der Waals surface area contributed by atoms with Crippen LogP contribution in [0.1, 0.15) is 23.1 Å². The quantitative estimate of drug-likeness (QED) is 0.795. The first-order valence-corrected chi connectivity index (χ1v) is 4.48. The summed E-state index contributed by atoms with van der Waals surface area (Å²) in [7, 11) is 0. The Bertz CT molecular complexity index is 378. The molecule has 0 aliphatic rings. The van der Waals surface area contributed by atoms with E-state index in [1.165, 1.54) is 5.56 Å². The summed E-state index contributed by atoms with van der Waals surface area (Å²) >= 11 is 0. The van der Waals surface area contributed by atoms with E-state index in [1.807, 2.05) is 32.0 Å². The Kier molecular flexibility index (Phi) is 3.07. The third kappa shape index (κ3) is 2.46. The number of carbonyl (C=O) groups is 1. The summed E-state index contributed by atoms with van der Waals surface area (Å²) in [4.78, 5) is 10.5. The summed E-state index contributed by atoms with van der Waals surface area (Å²) in [5.41, 5.74) is 3.86. The summed E-state index contributed by atoms with van der Waals surface area (Å²) in [6.45, 7) is 7.75. The van der Waals surface area contributed by atoms with E-state index >= 15 is 0 Å². The van der Waals surface area contributed by atoms with Crippen LogP contribution in [-0.4, -0.2) is 11.1 Å². The number of aliphatic carboxylic acids is 1. The predicted molar refractivity (Wildman–Crippen MR) is 57.2 cm³/mol. The molecule has 0 atom stereocenters. The molecule has 0 amide bonds. The van der Waals surface area contributed by atoms with Gasteiger partial charge < -0.3 is 5.11 Å². The van der Waals surface area contributed by atoms with Crippen molar-refractivity contribution >= 4 is 11.5 Å². The fourth-order valence-corrected chi connectivity index (χ4v) is 1.49. The van der Waals surface area contributed by atoms with Crippen molar-refractivity contribution in [2.45, 2.75) is 20.3 Å². The largest absolute Gasteiger partial charge is 0.481 e. The van der Waals surface area contributed by atoms with E-state index in [1.54, 1.807) is 0 Å². The molecule has 0 saturated heterocycles. The minimum absolute atomic E-state index is 0.00387. The van der Waals surface area contributed by atoms with Gasteiger partial charge in [0, 0.05) is 0 Å². The van der Waals surface area contributed by atoms with E-state index in [2.05, 4.69) is 6.58 Å². The molecular weight excluding hydrogens is 176 g/mol. The van der Waals surface area contributed by atoms with Crippen LogP contribution in [-0.2, 0) is 4.79 Å². The topological polar surface area (TPSA) is 37.3 Å². The summed E-state index contributed by atoms with van der Waals surface area (Å²) in [6.07, 6.45) is 0.00387. The van der Waals surface area contributed by atoms with Gasteiger partial charge in [-0.05, 0) is 30.5 Å². The van der Waals surface area contributed by atoms with E-state index < -0.39 is 5.97 Å². The van der Waals surface area contributed by atoms with E-state index in [4.69, 9.17) is 5.11 Å². The van der Waals surface area contributed by atoms with Crippen LogP contribution in [0.3, 0.4) is 0 Å². The summed E-state index contributed by atoms with van der Waals surface area (Å²) in [5, 5.41) is 8.63. The van der Waals surface area contributed by atoms with Crippen molar-refractivity contribution in [1.29, 1.82) is 0 Å². The zero-order valence-corrected chi connectivity index (χ0v) is 8.50. The smallest absolute Gasteiger partial charge is 0.307 e. The zero-order chi connectivity index (χ0) is 10.7. The Balaban J connectivity index is 2.96. The second kappa shape index (κ2) is 4.09. The van der Waals surface area contributed by atoms with Crippen molar-refractivity contribution in [2.24, 2.45) is 0 Å². The van der Waals surface area contributed by atoms with E-state index in [9.17, 15) is 4.79 Å². The van der Waals surface area contributed by atoms with Crippen LogP contribution in [0.25, 0.3) is 5.57 Å². The van der Waals surface area contributed by atoms with Crippen molar-refractivity contribution in [3.8, 4) is 0 Å². The lowest BCUT2D eigenvalue weighted by molar-refractivity contribution is -0.135. The molecule has 1 aromatic rings. The first-order valence-electron chi connectivity index (χ1n) is 4.48. The SMILES string of the molecule is C=C(CC(=O)O)c1ccc(C)cc1C. The van der Waals surface area contributed by atoms with Gasteiger partial charge in [-0.15, -0.1) is 0 Å². The van der Waals surface area contributed by atoms with Crippen molar-refractivity contribution < 1.29 is 9.90 Å². The Morgan fingerprint density at radius 2 is 2.07 bits per heavy atom. The average molecular weight is 190 g/mol. The number of benzene rings is 1. The fourth-order valence-electron chi connectivity index (χ4n) is 1.49. The highest BCUT2D eigenvalue weighted by Gasteiger charge is 2.06. The molecule has 0 aromatic heterocycles. The van der Waals surface area contributed by atoms with Crippen LogP contribution >= 0.6 is 0 Å². The fraction of sp³-hybridized carbons (Fsp3) is 0.250. The maximum Gasteiger partial charge on any atom is 0.307 e. The first kappa shape index (κ1) is 10.5. The molecule has 0 aliphatic heterocycles. The van der Waals surface area contributed by atoms with E-state index in [0.29, 0.717) is 5.57 Å². The molecule has 0 aliphatic carbocycles. The molecule has 1 N–H and O–H groups in total. The lowest BCUT2D eigenvalue weighted by atomic mass is 9.98. The van der Waals surface area contributed by atoms with Crippen molar-refractivity contribution in [3.63, 3.8) is 0 Å². The second-order valence-corrected chi connectivity index (χ2v) is 3.49. The van der Waals surface area contributed by atoms with Gasteiger partial charge in [-0.25, -0.2) is 0 Å². The molecule has 1 rings (SSSR count). The molecule has 1 aromatic carbocycles. The van der Waals surface area contributed by atoms with Crippen LogP contribution in [0.15, 0.2) is 24.8 Å². The maximum atomic E-state index is 10.5. The molecule has 0 heterocycles. The van der Waals surface area contributed by atoms with Gasteiger partial charge in [-0.2, -0.15) is 0 Å². The summed E-state index contributed by atoms with van der Waals surface area (Å²) in [5.74, 6) is -0.838. The van der Waals surface area contributed by atoms with Gasteiger partial charge in [0.15, 0.2) is 0 Å². The van der Waals surface area contributed by atoms with Gasteiger partial charge in [0.05, 0.1) is 6.42 Å². The minimum atomic E-state index is -0.838. The summed E-state index contributed by atoms with van der Waals surface area (Å²) in [6, 6.07) is 5.92. The number of hydrogen-bond donors (Lipinski definition) is 1. The van der Waals surface area contributed by atoms with Gasteiger partial charge in [0.2, 0.25) is 0 Å². The molecule has 0 fully saturated rings. The van der Waals surface area contributed by atoms with E-state index in [-0.39, 0.29) is 6.42 Å². The number of carboxylic acid groups (broad SMARTS) is 1. The van der Waals surface area contributed by atoms with Gasteiger partial charge in [0.1, 0.15) is 0 Å². The van der Waals surface area contributed by atoms with E-state index in [0.717, 1.165) is 11.1 Å². The van der Waals surface area contributed by atoms with Crippen LogP contribution in [0, 0.1) is 13.8 Å². The molecule has 0 radical (unpaired) electrons. The third-order valence-corrected chi connectivity index (χ3v) is 2.13. The zero-order valence-electron chi connectivity index (χ0n) is 8.50. The van der Waals surface area contributed by atoms with Crippen molar-refractivity contribution in [2.75, 3.05) is 0 Å². The minimum Gasteiger partial charge on any atom is -0.481 e. The molecule has 2 nitrogen and oxygen atoms in total. The van der Waals surface area contributed by atoms with Gasteiger partial charge in [0.25, 0.3) is 0 Å². The third-order valence-electron chi connectivity index (χ3n) is 2.13. The van der Waals surface area contributed by atoms with Crippen molar-refractivity contribution in [3.05, 3.63) is 41.5 Å². The molecular formula is C12H14O2. The number of carboxylic acids is 1. The molecule has 0 unspecified atom stereocenters. The molecule has 0 bridgehead atoms. The normalized spacial score (nSPS) is 9.86. The van der Waals surface area contributed by atoms with Gasteiger partial charge in [-0.3, -0.25) is 4.79 Å². The molecule has 2 heteroatoms. The second-order valence-electron chi connectivity index (χ2n) is 3.49. The van der Waals surface area contributed by atoms with Crippen LogP contribution in [0.5, 0.6) is 0 Å². The first-order chi connectivity index (χ1) is 6.50. The lowest BCUT2D eigenvalue weighted by Crippen LogP contribution is -1.97. The van der Waals surface area contributed by atoms with Crippen molar-refractivity contribution in [1.82, 2.24) is 0 Å². The summed E-state index contributed by atoms with van der Waals surface area (Å²) < 4.78 is 0. The predicted octanol–water partition coefficient (Wildman–Crippen LogP) is 2.79. The van der Waals surface area contributed by atoms with Gasteiger partial charge >= 0.3 is 5.97 Å². The van der Waals surface area contributed by atoms with Gasteiger partial charge in [-0.1, -0.05) is 30.3 Å². The Morgan fingerprint density at radius 3 is 2.57 bits per heavy atom. The highest BCUT2D eigenvalue weighted by Crippen LogP contribution is 2.20. The Hall–Kier alpha value is -1.57. The number of hydrogen-bond acceptors (Lipinski definition) is 1. The molecule has 0 saturated carbocycles. The average Bonchev–Trinajstić information content (AvgIpc) is 2.01. The molecule has 0 spiro atoms. The Labute approximate surface area is 83.9 Å². The highest BCUT2D eigenvalue weighted by molar-refractivity contribution is 5.83. The highest BCUT2D eigenvalue weighted by atomic mass is 16.4. The Morgan fingerprint density at radius 1 is 1.43 bits per heavy atom. The molecule has 74 valence electrons. The van der Waals surface area contributed by atoms with Crippen LogP contribution < -0.4 is 0 Å².